The molecule has 2 aromatic carbocycles. The molecule has 26 heavy (non-hydrogen) atoms. The molecule has 0 bridgehead atoms. The topological polar surface area (TPSA) is 79.9 Å². The van der Waals surface area contributed by atoms with Crippen LogP contribution < -0.4 is 10.1 Å². The lowest BCUT2D eigenvalue weighted by molar-refractivity contribution is 0.102. The van der Waals surface area contributed by atoms with E-state index in [0.717, 1.165) is 10.9 Å². The van der Waals surface area contributed by atoms with Crippen LogP contribution in [-0.2, 0) is 0 Å². The standard InChI is InChI=1S/C19H13ClN4O2/c20-13-4-5-16-12(8-13)9-17(24-16)19(25)23-14-2-1-3-15(10-14)26-18-11-21-6-7-22-18/h1-11,24H,(H,23,25). The van der Waals surface area contributed by atoms with Crippen molar-refractivity contribution in [2.45, 2.75) is 0 Å². The van der Waals surface area contributed by atoms with Crippen molar-refractivity contribution < 1.29 is 9.53 Å². The van der Waals surface area contributed by atoms with Crippen LogP contribution in [0, 0.1) is 0 Å². The number of nitrogens with zero attached hydrogens (tertiary/aromatic N) is 2. The number of aromatic nitrogens is 3. The second-order valence-corrected chi connectivity index (χ2v) is 5.98. The molecule has 2 heterocycles. The molecule has 0 aliphatic heterocycles. The molecule has 0 fully saturated rings. The Kier molecular flexibility index (Phi) is 4.25. The first-order valence-electron chi connectivity index (χ1n) is 7.81. The summed E-state index contributed by atoms with van der Waals surface area (Å²) in [6.07, 6.45) is 4.63. The molecule has 0 spiro atoms. The Morgan fingerprint density at radius 3 is 2.88 bits per heavy atom. The first-order valence-corrected chi connectivity index (χ1v) is 8.19. The van der Waals surface area contributed by atoms with Gasteiger partial charge >= 0.3 is 0 Å². The summed E-state index contributed by atoms with van der Waals surface area (Å²) in [7, 11) is 0. The number of halogens is 1. The molecule has 0 saturated carbocycles. The van der Waals surface area contributed by atoms with Gasteiger partial charge in [-0.15, -0.1) is 0 Å². The molecular weight excluding hydrogens is 352 g/mol. The lowest BCUT2D eigenvalue weighted by atomic mass is 10.2. The molecule has 0 aliphatic carbocycles. The van der Waals surface area contributed by atoms with Crippen LogP contribution in [0.15, 0.2) is 67.1 Å². The number of anilines is 1. The number of fused-ring (bicyclic) bond motifs is 1. The van der Waals surface area contributed by atoms with Crippen molar-refractivity contribution in [1.82, 2.24) is 15.0 Å². The van der Waals surface area contributed by atoms with Crippen molar-refractivity contribution in [1.29, 1.82) is 0 Å². The minimum absolute atomic E-state index is 0.256. The van der Waals surface area contributed by atoms with Gasteiger partial charge in [-0.2, -0.15) is 0 Å². The number of hydrogen-bond donors (Lipinski definition) is 2. The molecule has 6 nitrogen and oxygen atoms in total. The average Bonchev–Trinajstić information content (AvgIpc) is 3.06. The molecule has 7 heteroatoms. The van der Waals surface area contributed by atoms with Crippen LogP contribution in [0.3, 0.4) is 0 Å². The van der Waals surface area contributed by atoms with E-state index in [1.807, 2.05) is 6.07 Å². The number of H-pyrrole nitrogens is 1. The summed E-state index contributed by atoms with van der Waals surface area (Å²) in [6.45, 7) is 0. The summed E-state index contributed by atoms with van der Waals surface area (Å²) in [4.78, 5) is 23.6. The molecule has 2 N–H and O–H groups in total. The van der Waals surface area contributed by atoms with Crippen LogP contribution in [0.25, 0.3) is 10.9 Å². The fourth-order valence-corrected chi connectivity index (χ4v) is 2.70. The number of hydrogen-bond acceptors (Lipinski definition) is 4. The van der Waals surface area contributed by atoms with Crippen LogP contribution >= 0.6 is 11.6 Å². The van der Waals surface area contributed by atoms with E-state index in [4.69, 9.17) is 16.3 Å². The van der Waals surface area contributed by atoms with E-state index in [9.17, 15) is 4.79 Å². The molecule has 0 aliphatic rings. The van der Waals surface area contributed by atoms with Gasteiger partial charge in [0.15, 0.2) is 0 Å². The normalized spacial score (nSPS) is 10.7. The van der Waals surface area contributed by atoms with Gasteiger partial charge in [-0.25, -0.2) is 4.98 Å². The SMILES string of the molecule is O=C(Nc1cccc(Oc2cnccn2)c1)c1cc2cc(Cl)ccc2[nH]1. The maximum atomic E-state index is 12.5. The maximum Gasteiger partial charge on any atom is 0.272 e. The van der Waals surface area contributed by atoms with Crippen LogP contribution in [0.2, 0.25) is 5.02 Å². The number of nitrogens with one attached hydrogen (secondary N) is 2. The number of rotatable bonds is 4. The van der Waals surface area contributed by atoms with Gasteiger partial charge in [-0.1, -0.05) is 17.7 Å². The Bertz CT molecular complexity index is 1080. The lowest BCUT2D eigenvalue weighted by Crippen LogP contribution is -2.12. The van der Waals surface area contributed by atoms with E-state index in [0.29, 0.717) is 28.0 Å². The summed E-state index contributed by atoms with van der Waals surface area (Å²) in [6, 6.07) is 14.2. The summed E-state index contributed by atoms with van der Waals surface area (Å²) in [5, 5.41) is 4.34. The van der Waals surface area contributed by atoms with Crippen molar-refractivity contribution in [2.24, 2.45) is 0 Å². The maximum absolute atomic E-state index is 12.5. The monoisotopic (exact) mass is 364 g/mol. The number of carbonyl (C=O) groups is 1. The Hall–Kier alpha value is -3.38. The van der Waals surface area contributed by atoms with Gasteiger partial charge in [0.25, 0.3) is 5.91 Å². The highest BCUT2D eigenvalue weighted by Crippen LogP contribution is 2.24. The van der Waals surface area contributed by atoms with Crippen LogP contribution in [0.5, 0.6) is 11.6 Å². The summed E-state index contributed by atoms with van der Waals surface area (Å²) < 4.78 is 5.62. The highest BCUT2D eigenvalue weighted by molar-refractivity contribution is 6.31. The zero-order valence-electron chi connectivity index (χ0n) is 13.4. The third kappa shape index (κ3) is 3.50. The van der Waals surface area contributed by atoms with E-state index in [2.05, 4.69) is 20.3 Å². The zero-order valence-corrected chi connectivity index (χ0v) is 14.2. The van der Waals surface area contributed by atoms with E-state index in [1.54, 1.807) is 54.9 Å². The minimum Gasteiger partial charge on any atom is -0.437 e. The smallest absolute Gasteiger partial charge is 0.272 e. The highest BCUT2D eigenvalue weighted by Gasteiger charge is 2.11. The number of carbonyl (C=O) groups excluding carboxylic acids is 1. The number of amides is 1. The van der Waals surface area contributed by atoms with Gasteiger partial charge in [-0.3, -0.25) is 9.78 Å². The van der Waals surface area contributed by atoms with Gasteiger partial charge in [0.05, 0.1) is 6.20 Å². The number of ether oxygens (including phenoxy) is 1. The first kappa shape index (κ1) is 16.1. The fourth-order valence-electron chi connectivity index (χ4n) is 2.52. The van der Waals surface area contributed by atoms with Gasteiger partial charge in [0, 0.05) is 40.1 Å². The molecule has 128 valence electrons. The van der Waals surface area contributed by atoms with Crippen LogP contribution in [0.4, 0.5) is 5.69 Å². The molecule has 0 saturated heterocycles. The van der Waals surface area contributed by atoms with E-state index in [-0.39, 0.29) is 5.91 Å². The fraction of sp³-hybridized carbons (Fsp3) is 0. The summed E-state index contributed by atoms with van der Waals surface area (Å²) in [5.41, 5.74) is 1.90. The minimum atomic E-state index is -0.256. The molecule has 0 atom stereocenters. The average molecular weight is 365 g/mol. The number of aromatic amines is 1. The quantitative estimate of drug-likeness (QED) is 0.552. The van der Waals surface area contributed by atoms with Gasteiger partial charge in [0.1, 0.15) is 11.4 Å². The van der Waals surface area contributed by atoms with Crippen LogP contribution in [0.1, 0.15) is 10.5 Å². The molecular formula is C19H13ClN4O2. The molecule has 1 amide bonds. The molecule has 0 radical (unpaired) electrons. The molecule has 4 aromatic rings. The number of benzene rings is 2. The summed E-state index contributed by atoms with van der Waals surface area (Å²) >= 11 is 5.98. The third-order valence-electron chi connectivity index (χ3n) is 3.68. The Morgan fingerprint density at radius 1 is 1.12 bits per heavy atom. The van der Waals surface area contributed by atoms with Crippen molar-refractivity contribution >= 4 is 34.1 Å². The zero-order chi connectivity index (χ0) is 17.9. The Labute approximate surface area is 153 Å². The van der Waals surface area contributed by atoms with E-state index < -0.39 is 0 Å². The van der Waals surface area contributed by atoms with Gasteiger partial charge < -0.3 is 15.0 Å². The van der Waals surface area contributed by atoms with E-state index >= 15 is 0 Å². The Balaban J connectivity index is 1.52. The first-order chi connectivity index (χ1) is 12.7. The van der Waals surface area contributed by atoms with Gasteiger partial charge in [-0.05, 0) is 36.4 Å². The largest absolute Gasteiger partial charge is 0.437 e. The predicted molar refractivity (Wildman–Crippen MR) is 99.8 cm³/mol. The second kappa shape index (κ2) is 6.85. The van der Waals surface area contributed by atoms with Crippen molar-refractivity contribution in [2.75, 3.05) is 5.32 Å². The highest BCUT2D eigenvalue weighted by atomic mass is 35.5. The Morgan fingerprint density at radius 2 is 2.04 bits per heavy atom. The van der Waals surface area contributed by atoms with Crippen molar-refractivity contribution in [3.8, 4) is 11.6 Å². The van der Waals surface area contributed by atoms with E-state index in [1.165, 1.54) is 6.20 Å². The molecule has 0 unspecified atom stereocenters. The van der Waals surface area contributed by atoms with Crippen LogP contribution in [-0.4, -0.2) is 20.9 Å². The molecule has 2 aromatic heterocycles. The molecule has 4 rings (SSSR count). The lowest BCUT2D eigenvalue weighted by Gasteiger charge is -2.07. The van der Waals surface area contributed by atoms with Gasteiger partial charge in [0.2, 0.25) is 5.88 Å². The second-order valence-electron chi connectivity index (χ2n) is 5.54. The summed E-state index contributed by atoms with van der Waals surface area (Å²) in [5.74, 6) is 0.671. The van der Waals surface area contributed by atoms with Crippen molar-refractivity contribution in [3.05, 3.63) is 77.8 Å². The van der Waals surface area contributed by atoms with Crippen molar-refractivity contribution in [3.63, 3.8) is 0 Å². The third-order valence-corrected chi connectivity index (χ3v) is 3.92. The predicted octanol–water partition coefficient (Wildman–Crippen LogP) is 4.66.